The molecule has 1 amide bonds. The molecule has 44 heavy (non-hydrogen) atoms. The normalized spacial score (nSPS) is 15.5. The fourth-order valence-corrected chi connectivity index (χ4v) is 6.46. The molecule has 1 saturated heterocycles. The highest BCUT2D eigenvalue weighted by atomic mass is 16.6. The van der Waals surface area contributed by atoms with Crippen LogP contribution in [-0.2, 0) is 16.1 Å². The first-order chi connectivity index (χ1) is 21.4. The lowest BCUT2D eigenvalue weighted by atomic mass is 9.81. The van der Waals surface area contributed by atoms with Crippen molar-refractivity contribution in [1.29, 1.82) is 0 Å². The molecule has 6 rings (SSSR count). The van der Waals surface area contributed by atoms with E-state index < -0.39 is 10.9 Å². The summed E-state index contributed by atoms with van der Waals surface area (Å²) >= 11 is 0. The van der Waals surface area contributed by atoms with Gasteiger partial charge in [-0.15, -0.1) is 0 Å². The topological polar surface area (TPSA) is 115 Å². The van der Waals surface area contributed by atoms with Crippen molar-refractivity contribution >= 4 is 28.5 Å². The van der Waals surface area contributed by atoms with Crippen LogP contribution in [0.5, 0.6) is 0 Å². The summed E-state index contributed by atoms with van der Waals surface area (Å²) in [5, 5.41) is 22.1. The first kappa shape index (κ1) is 30.9. The van der Waals surface area contributed by atoms with Gasteiger partial charge < -0.3 is 19.3 Å². The molecular weight excluding hydrogens is 558 g/mol. The van der Waals surface area contributed by atoms with Gasteiger partial charge in [0.15, 0.2) is 0 Å². The Morgan fingerprint density at radius 1 is 0.909 bits per heavy atom. The largest absolute Gasteiger partial charge is 0.478 e. The number of carbonyl (C=O) groups is 2. The number of nitro benzene ring substituents is 1. The van der Waals surface area contributed by atoms with Crippen molar-refractivity contribution in [3.8, 4) is 22.4 Å². The number of carbonyl (C=O) groups excluding carboxylic acids is 1. The Morgan fingerprint density at radius 2 is 1.59 bits per heavy atom. The van der Waals surface area contributed by atoms with E-state index in [1.807, 2.05) is 59.7 Å². The average molecular weight is 598 g/mol. The Labute approximate surface area is 257 Å². The SMILES string of the molecule is CC.O=C(O)c1ccc2c(C3CCCCC3)c(-c3ccc(-c4cccc([N+](=O)[O-])c4)cc3)n(CC(=O)N3CCOCC3)c2c1. The Morgan fingerprint density at radius 3 is 2.25 bits per heavy atom. The van der Waals surface area contributed by atoms with Crippen molar-refractivity contribution in [3.63, 3.8) is 0 Å². The van der Waals surface area contributed by atoms with Crippen LogP contribution in [0.3, 0.4) is 0 Å². The maximum Gasteiger partial charge on any atom is 0.335 e. The molecule has 0 bridgehead atoms. The summed E-state index contributed by atoms with van der Waals surface area (Å²) in [6, 6.07) is 19.7. The van der Waals surface area contributed by atoms with E-state index in [0.717, 1.165) is 59.0 Å². The number of amides is 1. The molecular formula is C35H39N3O6. The highest BCUT2D eigenvalue weighted by Crippen LogP contribution is 2.44. The number of hydrogen-bond acceptors (Lipinski definition) is 5. The average Bonchev–Trinajstić information content (AvgIpc) is 3.39. The molecule has 0 unspecified atom stereocenters. The number of rotatable bonds is 7. The summed E-state index contributed by atoms with van der Waals surface area (Å²) in [5.41, 5.74) is 5.59. The van der Waals surface area contributed by atoms with E-state index in [2.05, 4.69) is 0 Å². The van der Waals surface area contributed by atoms with E-state index in [0.29, 0.717) is 32.2 Å². The third kappa shape index (κ3) is 6.38. The van der Waals surface area contributed by atoms with Crippen LogP contribution in [0.25, 0.3) is 33.3 Å². The van der Waals surface area contributed by atoms with Crippen molar-refractivity contribution in [2.75, 3.05) is 26.3 Å². The molecule has 1 saturated carbocycles. The van der Waals surface area contributed by atoms with E-state index in [9.17, 15) is 24.8 Å². The summed E-state index contributed by atoms with van der Waals surface area (Å²) in [4.78, 5) is 38.3. The van der Waals surface area contributed by atoms with Crippen molar-refractivity contribution in [3.05, 3.63) is 88.0 Å². The van der Waals surface area contributed by atoms with Gasteiger partial charge in [-0.1, -0.05) is 75.6 Å². The van der Waals surface area contributed by atoms with E-state index >= 15 is 0 Å². The number of benzene rings is 3. The monoisotopic (exact) mass is 597 g/mol. The number of carboxylic acids is 1. The van der Waals surface area contributed by atoms with Crippen molar-refractivity contribution in [2.24, 2.45) is 0 Å². The third-order valence-electron chi connectivity index (χ3n) is 8.57. The van der Waals surface area contributed by atoms with Gasteiger partial charge in [0.05, 0.1) is 34.9 Å². The summed E-state index contributed by atoms with van der Waals surface area (Å²) in [5.74, 6) is -0.741. The molecule has 2 heterocycles. The lowest BCUT2D eigenvalue weighted by molar-refractivity contribution is -0.384. The molecule has 230 valence electrons. The molecule has 9 heteroatoms. The van der Waals surface area contributed by atoms with Crippen LogP contribution in [0, 0.1) is 10.1 Å². The van der Waals surface area contributed by atoms with E-state index in [1.165, 1.54) is 18.1 Å². The second-order valence-electron chi connectivity index (χ2n) is 11.1. The van der Waals surface area contributed by atoms with Crippen molar-refractivity contribution < 1.29 is 24.4 Å². The summed E-state index contributed by atoms with van der Waals surface area (Å²) in [6.45, 7) is 6.15. The third-order valence-corrected chi connectivity index (χ3v) is 8.57. The number of nitrogens with zero attached hydrogens (tertiary/aromatic N) is 3. The first-order valence-corrected chi connectivity index (χ1v) is 15.5. The quantitative estimate of drug-likeness (QED) is 0.174. The van der Waals surface area contributed by atoms with Crippen LogP contribution in [0.2, 0.25) is 0 Å². The Balaban J connectivity index is 0.00000188. The minimum atomic E-state index is -1.01. The molecule has 0 spiro atoms. The maximum atomic E-state index is 13.6. The standard InChI is InChI=1S/C33H33N3O6.C2H6/c37-30(34-15-17-42-18-16-34)21-35-29-20-26(33(38)39)13-14-28(29)31(23-5-2-1-3-6-23)32(35)24-11-9-22(10-12-24)25-7-4-8-27(19-25)36(40)41;1-2/h4,7-14,19-20,23H,1-3,5-6,15-18,21H2,(H,38,39);1-2H3. The number of hydrogen-bond donors (Lipinski definition) is 1. The van der Waals surface area contributed by atoms with E-state index in [-0.39, 0.29) is 23.7 Å². The number of nitro groups is 1. The van der Waals surface area contributed by atoms with Crippen LogP contribution >= 0.6 is 0 Å². The molecule has 1 aliphatic carbocycles. The summed E-state index contributed by atoms with van der Waals surface area (Å²) in [6.07, 6.45) is 5.53. The summed E-state index contributed by atoms with van der Waals surface area (Å²) < 4.78 is 7.46. The maximum absolute atomic E-state index is 13.6. The molecule has 0 radical (unpaired) electrons. The molecule has 1 aliphatic heterocycles. The highest BCUT2D eigenvalue weighted by Gasteiger charge is 2.29. The van der Waals surface area contributed by atoms with Gasteiger partial charge in [-0.3, -0.25) is 14.9 Å². The van der Waals surface area contributed by atoms with Gasteiger partial charge in [-0.05, 0) is 53.1 Å². The molecule has 2 fully saturated rings. The lowest BCUT2D eigenvalue weighted by Gasteiger charge is -2.28. The number of morpholine rings is 1. The Kier molecular flexibility index (Phi) is 9.75. The number of carboxylic acid groups (broad SMARTS) is 1. The van der Waals surface area contributed by atoms with Crippen LogP contribution in [0.4, 0.5) is 5.69 Å². The van der Waals surface area contributed by atoms with Crippen LogP contribution in [0.15, 0.2) is 66.7 Å². The van der Waals surface area contributed by atoms with E-state index in [4.69, 9.17) is 4.74 Å². The van der Waals surface area contributed by atoms with Gasteiger partial charge in [0.25, 0.3) is 5.69 Å². The second-order valence-corrected chi connectivity index (χ2v) is 11.1. The predicted octanol–water partition coefficient (Wildman–Crippen LogP) is 7.51. The van der Waals surface area contributed by atoms with Crippen molar-refractivity contribution in [1.82, 2.24) is 9.47 Å². The van der Waals surface area contributed by atoms with Crippen LogP contribution in [-0.4, -0.2) is 57.7 Å². The van der Waals surface area contributed by atoms with Crippen molar-refractivity contribution in [2.45, 2.75) is 58.4 Å². The Bertz CT molecular complexity index is 1650. The molecule has 4 aromatic rings. The zero-order valence-corrected chi connectivity index (χ0v) is 25.3. The first-order valence-electron chi connectivity index (χ1n) is 15.5. The molecule has 3 aromatic carbocycles. The number of fused-ring (bicyclic) bond motifs is 1. The highest BCUT2D eigenvalue weighted by molar-refractivity contribution is 5.99. The number of aromatic nitrogens is 1. The smallest absolute Gasteiger partial charge is 0.335 e. The van der Waals surface area contributed by atoms with Gasteiger partial charge in [-0.25, -0.2) is 4.79 Å². The van der Waals surface area contributed by atoms with E-state index in [1.54, 1.807) is 24.3 Å². The molecule has 1 aromatic heterocycles. The van der Waals surface area contributed by atoms with Crippen LogP contribution < -0.4 is 0 Å². The minimum Gasteiger partial charge on any atom is -0.478 e. The molecule has 2 aliphatic rings. The molecule has 0 atom stereocenters. The fraction of sp³-hybridized carbons (Fsp3) is 0.371. The predicted molar refractivity (Wildman–Crippen MR) is 171 cm³/mol. The zero-order valence-electron chi connectivity index (χ0n) is 25.3. The van der Waals surface area contributed by atoms with Crippen LogP contribution in [0.1, 0.15) is 67.8 Å². The van der Waals surface area contributed by atoms with Gasteiger partial charge >= 0.3 is 5.97 Å². The lowest BCUT2D eigenvalue weighted by Crippen LogP contribution is -2.42. The fourth-order valence-electron chi connectivity index (χ4n) is 6.46. The zero-order chi connectivity index (χ0) is 31.2. The Hall–Kier alpha value is -4.50. The van der Waals surface area contributed by atoms with Gasteiger partial charge in [0, 0.05) is 30.6 Å². The van der Waals surface area contributed by atoms with Gasteiger partial charge in [-0.2, -0.15) is 0 Å². The summed E-state index contributed by atoms with van der Waals surface area (Å²) in [7, 11) is 0. The number of aromatic carboxylic acids is 1. The van der Waals surface area contributed by atoms with Gasteiger partial charge in [0.1, 0.15) is 6.54 Å². The second kappa shape index (κ2) is 13.9. The number of ether oxygens (including phenoxy) is 1. The molecule has 1 N–H and O–H groups in total. The minimum absolute atomic E-state index is 0.0272. The molecule has 9 nitrogen and oxygen atoms in total. The van der Waals surface area contributed by atoms with Gasteiger partial charge in [0.2, 0.25) is 5.91 Å². The number of non-ortho nitro benzene ring substituents is 1.